The lowest BCUT2D eigenvalue weighted by Crippen LogP contribution is -2.00. The summed E-state index contributed by atoms with van der Waals surface area (Å²) in [5.74, 6) is -0.678. The summed E-state index contributed by atoms with van der Waals surface area (Å²) in [6.45, 7) is 0. The zero-order valence-corrected chi connectivity index (χ0v) is 10.2. The first-order valence-corrected chi connectivity index (χ1v) is 5.64. The second-order valence-corrected chi connectivity index (χ2v) is 3.75. The maximum atomic E-state index is 11.6. The van der Waals surface area contributed by atoms with Crippen molar-refractivity contribution in [3.63, 3.8) is 0 Å². The van der Waals surface area contributed by atoms with Gasteiger partial charge in [0.1, 0.15) is 0 Å². The first-order chi connectivity index (χ1) is 10.1. The highest BCUT2D eigenvalue weighted by atomic mass is 16.7. The number of oxime groups is 1. The van der Waals surface area contributed by atoms with Gasteiger partial charge in [-0.3, -0.25) is 10.1 Å². The van der Waals surface area contributed by atoms with Gasteiger partial charge in [0, 0.05) is 12.1 Å². The molecule has 0 saturated carbocycles. The normalized spacial score (nSPS) is 11.6. The third-order valence-electron chi connectivity index (χ3n) is 2.39. The Balaban J connectivity index is 2.07. The van der Waals surface area contributed by atoms with Crippen LogP contribution in [0.4, 0.5) is 5.69 Å². The largest absolute Gasteiger partial charge is 0.365 e. The van der Waals surface area contributed by atoms with Gasteiger partial charge in [-0.1, -0.05) is 23.4 Å². The molecule has 2 rings (SSSR count). The molecule has 0 bridgehead atoms. The summed E-state index contributed by atoms with van der Waals surface area (Å²) in [6.07, 6.45) is -0.297. The summed E-state index contributed by atoms with van der Waals surface area (Å²) in [5.41, 5.74) is 0.534. The summed E-state index contributed by atoms with van der Waals surface area (Å²) in [6, 6.07) is 13.5. The van der Waals surface area contributed by atoms with Crippen LogP contribution in [0.3, 0.4) is 0 Å². The average Bonchev–Trinajstić information content (AvgIpc) is 2.53. The predicted octanol–water partition coefficient (Wildman–Crippen LogP) is 2.79. The topological polar surface area (TPSA) is 81.8 Å². The Hall–Kier alpha value is -3.02. The molecule has 0 aliphatic carbocycles. The van der Waals surface area contributed by atoms with Crippen molar-refractivity contribution in [3.05, 3.63) is 75.8 Å². The maximum Gasteiger partial charge on any atom is 0.365 e. The summed E-state index contributed by atoms with van der Waals surface area (Å²) in [7, 11) is 0. The second-order valence-electron chi connectivity index (χ2n) is 3.75. The van der Waals surface area contributed by atoms with Crippen molar-refractivity contribution in [2.24, 2.45) is 5.16 Å². The van der Waals surface area contributed by atoms with E-state index in [2.05, 4.69) is 9.99 Å². The van der Waals surface area contributed by atoms with Crippen LogP contribution in [0.2, 0.25) is 0 Å². The van der Waals surface area contributed by atoms with E-state index in [9.17, 15) is 14.9 Å². The highest BCUT2D eigenvalue weighted by Crippen LogP contribution is 2.10. The van der Waals surface area contributed by atoms with Crippen molar-refractivity contribution in [2.45, 2.75) is 0 Å². The van der Waals surface area contributed by atoms with Crippen molar-refractivity contribution in [2.75, 3.05) is 0 Å². The van der Waals surface area contributed by atoms with Crippen LogP contribution in [-0.2, 0) is 4.84 Å². The van der Waals surface area contributed by atoms with Crippen LogP contribution in [-0.4, -0.2) is 17.1 Å². The Morgan fingerprint density at radius 1 is 1.20 bits per heavy atom. The standard InChI is InChI=1S/C14H10N2O4/c17-14(12-4-2-1-3-5-12)20-15-10-11-6-8-13(9-7-11)16(18)19/h1-10H/b15-10+/i10D. The van der Waals surface area contributed by atoms with Crippen LogP contribution >= 0.6 is 0 Å². The summed E-state index contributed by atoms with van der Waals surface area (Å²) in [4.78, 5) is 26.2. The van der Waals surface area contributed by atoms with Gasteiger partial charge in [-0.2, -0.15) is 0 Å². The minimum absolute atomic E-state index is 0.0900. The van der Waals surface area contributed by atoms with E-state index < -0.39 is 10.9 Å². The van der Waals surface area contributed by atoms with Crippen molar-refractivity contribution in [1.82, 2.24) is 0 Å². The van der Waals surface area contributed by atoms with E-state index in [0.29, 0.717) is 11.1 Å². The molecule has 0 unspecified atom stereocenters. The molecule has 6 nitrogen and oxygen atoms in total. The van der Waals surface area contributed by atoms with Crippen molar-refractivity contribution in [3.8, 4) is 0 Å². The van der Waals surface area contributed by atoms with Gasteiger partial charge in [0.05, 0.1) is 18.0 Å². The number of hydrogen-bond acceptors (Lipinski definition) is 5. The van der Waals surface area contributed by atoms with Gasteiger partial charge in [-0.25, -0.2) is 4.79 Å². The molecule has 0 radical (unpaired) electrons. The van der Waals surface area contributed by atoms with Gasteiger partial charge >= 0.3 is 5.97 Å². The number of non-ortho nitro benzene ring substituents is 1. The maximum absolute atomic E-state index is 11.6. The van der Waals surface area contributed by atoms with Gasteiger partial charge in [0.25, 0.3) is 5.69 Å². The zero-order chi connectivity index (χ0) is 15.2. The molecular weight excluding hydrogens is 260 g/mol. The van der Waals surface area contributed by atoms with Crippen LogP contribution in [0.25, 0.3) is 0 Å². The monoisotopic (exact) mass is 271 g/mol. The van der Waals surface area contributed by atoms with Gasteiger partial charge in [-0.05, 0) is 29.8 Å². The third kappa shape index (κ3) is 3.49. The van der Waals surface area contributed by atoms with Crippen LogP contribution < -0.4 is 0 Å². The molecule has 0 saturated heterocycles. The number of nitrogens with zero attached hydrogens (tertiary/aromatic N) is 2. The van der Waals surface area contributed by atoms with Crippen LogP contribution in [0.5, 0.6) is 0 Å². The molecule has 2 aromatic rings. The zero-order valence-electron chi connectivity index (χ0n) is 11.2. The Morgan fingerprint density at radius 3 is 2.45 bits per heavy atom. The SMILES string of the molecule is [2H]/C(=N\OC(=O)c1ccccc1)c1ccc([N+](=O)[O-])cc1. The molecule has 0 aromatic heterocycles. The lowest BCUT2D eigenvalue weighted by atomic mass is 10.2. The minimum atomic E-state index is -0.678. The fourth-order valence-corrected chi connectivity index (χ4v) is 1.40. The molecule has 6 heteroatoms. The quantitative estimate of drug-likeness (QED) is 0.370. The summed E-state index contributed by atoms with van der Waals surface area (Å²) >= 11 is 0. The van der Waals surface area contributed by atoms with Gasteiger partial charge in [0.2, 0.25) is 0 Å². The molecule has 0 fully saturated rings. The van der Waals surface area contributed by atoms with E-state index >= 15 is 0 Å². The molecule has 0 heterocycles. The number of carbonyl (C=O) groups excluding carboxylic acids is 1. The molecule has 0 aliphatic heterocycles. The Bertz CT molecular complexity index is 684. The highest BCUT2D eigenvalue weighted by Gasteiger charge is 2.05. The van der Waals surface area contributed by atoms with Crippen LogP contribution in [0.1, 0.15) is 17.3 Å². The molecule has 0 atom stereocenters. The molecule has 0 spiro atoms. The number of nitro benzene ring substituents is 1. The van der Waals surface area contributed by atoms with Gasteiger partial charge in [0.15, 0.2) is 0 Å². The fourth-order valence-electron chi connectivity index (χ4n) is 1.40. The van der Waals surface area contributed by atoms with Crippen molar-refractivity contribution < 1.29 is 15.9 Å². The van der Waals surface area contributed by atoms with Crippen molar-refractivity contribution >= 4 is 17.8 Å². The Kier molecular flexibility index (Phi) is 3.75. The molecule has 100 valence electrons. The number of carbonyl (C=O) groups is 1. The lowest BCUT2D eigenvalue weighted by Gasteiger charge is -1.97. The number of hydrogen-bond donors (Lipinski definition) is 0. The van der Waals surface area contributed by atoms with Crippen LogP contribution in [0, 0.1) is 10.1 Å². The Morgan fingerprint density at radius 2 is 1.85 bits per heavy atom. The van der Waals surface area contributed by atoms with E-state index in [-0.39, 0.29) is 11.9 Å². The second kappa shape index (κ2) is 6.24. The molecule has 2 aromatic carbocycles. The Labute approximate surface area is 115 Å². The molecule has 0 amide bonds. The van der Waals surface area contributed by atoms with E-state index in [1.165, 1.54) is 24.3 Å². The smallest absolute Gasteiger partial charge is 0.313 e. The van der Waals surface area contributed by atoms with Gasteiger partial charge < -0.3 is 4.84 Å². The van der Waals surface area contributed by atoms with E-state index in [4.69, 9.17) is 1.37 Å². The molecule has 20 heavy (non-hydrogen) atoms. The summed E-state index contributed by atoms with van der Waals surface area (Å²) < 4.78 is 7.65. The predicted molar refractivity (Wildman–Crippen MR) is 72.5 cm³/mol. The van der Waals surface area contributed by atoms with E-state index in [0.717, 1.165) is 0 Å². The fraction of sp³-hybridized carbons (Fsp3) is 0. The highest BCUT2D eigenvalue weighted by molar-refractivity contribution is 5.90. The average molecular weight is 271 g/mol. The number of nitro groups is 1. The minimum Gasteiger partial charge on any atom is -0.313 e. The molecular formula is C14H10N2O4. The summed E-state index contributed by atoms with van der Waals surface area (Å²) in [5, 5.41) is 13.9. The number of rotatable bonds is 4. The molecule has 0 N–H and O–H groups in total. The van der Waals surface area contributed by atoms with Crippen molar-refractivity contribution in [1.29, 1.82) is 0 Å². The lowest BCUT2D eigenvalue weighted by molar-refractivity contribution is -0.384. The first kappa shape index (κ1) is 12.0. The van der Waals surface area contributed by atoms with E-state index in [1.807, 2.05) is 0 Å². The van der Waals surface area contributed by atoms with Crippen LogP contribution in [0.15, 0.2) is 59.8 Å². The first-order valence-electron chi connectivity index (χ1n) is 6.14. The molecule has 0 aliphatic rings. The van der Waals surface area contributed by atoms with E-state index in [1.54, 1.807) is 30.3 Å². The van der Waals surface area contributed by atoms with Gasteiger partial charge in [-0.15, -0.1) is 0 Å². The third-order valence-corrected chi connectivity index (χ3v) is 2.39. The number of benzene rings is 2.